The molecule has 0 spiro atoms. The van der Waals surface area contributed by atoms with Gasteiger partial charge in [-0.25, -0.2) is 0 Å². The van der Waals surface area contributed by atoms with Gasteiger partial charge >= 0.3 is 0 Å². The van der Waals surface area contributed by atoms with Gasteiger partial charge in [0.2, 0.25) is 0 Å². The van der Waals surface area contributed by atoms with E-state index in [0.717, 1.165) is 13.1 Å². The molecule has 2 rings (SSSR count). The summed E-state index contributed by atoms with van der Waals surface area (Å²) in [7, 11) is 0. The number of hydrogen-bond donors (Lipinski definition) is 1. The van der Waals surface area contributed by atoms with E-state index >= 15 is 0 Å². The van der Waals surface area contributed by atoms with E-state index in [1.54, 1.807) is 12.1 Å². The summed E-state index contributed by atoms with van der Waals surface area (Å²) >= 11 is 6.00. The Labute approximate surface area is 112 Å². The average molecular weight is 268 g/mol. The number of nitrogens with zero attached hydrogens (tertiary/aromatic N) is 1. The molecule has 0 aromatic heterocycles. The van der Waals surface area contributed by atoms with Crippen LogP contribution in [0.2, 0.25) is 5.02 Å². The lowest BCUT2D eigenvalue weighted by molar-refractivity contribution is -0.00420. The number of piperidine rings is 1. The summed E-state index contributed by atoms with van der Waals surface area (Å²) < 4.78 is 0. The van der Waals surface area contributed by atoms with Crippen LogP contribution in [-0.4, -0.2) is 41.0 Å². The van der Waals surface area contributed by atoms with E-state index in [2.05, 4.69) is 4.90 Å². The van der Waals surface area contributed by atoms with Crippen LogP contribution < -0.4 is 0 Å². The zero-order valence-electron chi connectivity index (χ0n) is 10.5. The topological polar surface area (TPSA) is 40.5 Å². The monoisotopic (exact) mass is 267 g/mol. The molecule has 18 heavy (non-hydrogen) atoms. The fourth-order valence-corrected chi connectivity index (χ4v) is 2.41. The molecule has 0 saturated carbocycles. The van der Waals surface area contributed by atoms with Gasteiger partial charge in [-0.15, -0.1) is 0 Å². The molecule has 0 amide bonds. The SMILES string of the molecule is CC1(O)CCN(CC(=O)c2ccccc2Cl)CC1. The maximum absolute atomic E-state index is 12.1. The number of halogens is 1. The quantitative estimate of drug-likeness (QED) is 0.855. The van der Waals surface area contributed by atoms with Crippen molar-refractivity contribution in [3.63, 3.8) is 0 Å². The van der Waals surface area contributed by atoms with E-state index in [4.69, 9.17) is 11.6 Å². The predicted molar refractivity (Wildman–Crippen MR) is 72.1 cm³/mol. The summed E-state index contributed by atoms with van der Waals surface area (Å²) in [6.45, 7) is 3.73. The Morgan fingerprint density at radius 1 is 1.39 bits per heavy atom. The van der Waals surface area contributed by atoms with Gasteiger partial charge in [-0.05, 0) is 31.9 Å². The first-order chi connectivity index (χ1) is 8.48. The van der Waals surface area contributed by atoms with Gasteiger partial charge < -0.3 is 5.11 Å². The molecule has 4 heteroatoms. The van der Waals surface area contributed by atoms with Crippen molar-refractivity contribution in [3.8, 4) is 0 Å². The van der Waals surface area contributed by atoms with Crippen molar-refractivity contribution in [2.24, 2.45) is 0 Å². The minimum atomic E-state index is -0.579. The van der Waals surface area contributed by atoms with Gasteiger partial charge in [0, 0.05) is 18.7 Å². The van der Waals surface area contributed by atoms with Crippen LogP contribution in [0.1, 0.15) is 30.1 Å². The summed E-state index contributed by atoms with van der Waals surface area (Å²) in [6.07, 6.45) is 1.42. The highest BCUT2D eigenvalue weighted by atomic mass is 35.5. The highest BCUT2D eigenvalue weighted by Gasteiger charge is 2.28. The molecule has 1 heterocycles. The minimum Gasteiger partial charge on any atom is -0.390 e. The molecule has 3 nitrogen and oxygen atoms in total. The number of rotatable bonds is 3. The Hall–Kier alpha value is -0.900. The molecule has 0 aliphatic carbocycles. The van der Waals surface area contributed by atoms with Crippen molar-refractivity contribution in [2.45, 2.75) is 25.4 Å². The van der Waals surface area contributed by atoms with Gasteiger partial charge in [0.1, 0.15) is 0 Å². The van der Waals surface area contributed by atoms with Gasteiger partial charge in [-0.3, -0.25) is 9.69 Å². The first kappa shape index (κ1) is 13.5. The third kappa shape index (κ3) is 3.31. The molecule has 1 fully saturated rings. The number of ketones is 1. The molecule has 1 aromatic carbocycles. The second-order valence-electron chi connectivity index (χ2n) is 5.18. The average Bonchev–Trinajstić information content (AvgIpc) is 2.32. The van der Waals surface area contributed by atoms with Crippen molar-refractivity contribution in [2.75, 3.05) is 19.6 Å². The highest BCUT2D eigenvalue weighted by molar-refractivity contribution is 6.34. The normalized spacial score (nSPS) is 19.7. The molecule has 1 aliphatic heterocycles. The zero-order chi connectivity index (χ0) is 13.2. The van der Waals surface area contributed by atoms with Crippen molar-refractivity contribution < 1.29 is 9.90 Å². The fourth-order valence-electron chi connectivity index (χ4n) is 2.17. The lowest BCUT2D eigenvalue weighted by Crippen LogP contribution is -2.44. The van der Waals surface area contributed by atoms with E-state index in [0.29, 0.717) is 30.0 Å². The largest absolute Gasteiger partial charge is 0.390 e. The first-order valence-corrected chi connectivity index (χ1v) is 6.58. The van der Waals surface area contributed by atoms with Crippen LogP contribution in [0, 0.1) is 0 Å². The van der Waals surface area contributed by atoms with Crippen molar-refractivity contribution >= 4 is 17.4 Å². The summed E-state index contributed by atoms with van der Waals surface area (Å²) in [5, 5.41) is 10.4. The lowest BCUT2D eigenvalue weighted by Gasteiger charge is -2.35. The third-order valence-electron chi connectivity index (χ3n) is 3.47. The summed E-state index contributed by atoms with van der Waals surface area (Å²) in [4.78, 5) is 14.2. The summed E-state index contributed by atoms with van der Waals surface area (Å²) in [5.74, 6) is 0.0437. The molecule has 1 N–H and O–H groups in total. The molecular weight excluding hydrogens is 250 g/mol. The van der Waals surface area contributed by atoms with Crippen LogP contribution in [0.15, 0.2) is 24.3 Å². The summed E-state index contributed by atoms with van der Waals surface area (Å²) in [5.41, 5.74) is 0.000668. The molecule has 0 radical (unpaired) electrons. The number of carbonyl (C=O) groups excluding carboxylic acids is 1. The van der Waals surface area contributed by atoms with Crippen LogP contribution in [0.4, 0.5) is 0 Å². The zero-order valence-corrected chi connectivity index (χ0v) is 11.3. The molecular formula is C14H18ClNO2. The third-order valence-corrected chi connectivity index (χ3v) is 3.80. The summed E-state index contributed by atoms with van der Waals surface area (Å²) in [6, 6.07) is 7.12. The highest BCUT2D eigenvalue weighted by Crippen LogP contribution is 2.22. The molecule has 0 atom stereocenters. The molecule has 1 aliphatic rings. The number of benzene rings is 1. The molecule has 98 valence electrons. The van der Waals surface area contributed by atoms with Gasteiger partial charge in [0.05, 0.1) is 17.2 Å². The first-order valence-electron chi connectivity index (χ1n) is 6.20. The fraction of sp³-hybridized carbons (Fsp3) is 0.500. The maximum Gasteiger partial charge on any atom is 0.178 e. The van der Waals surface area contributed by atoms with Crippen LogP contribution >= 0.6 is 11.6 Å². The van der Waals surface area contributed by atoms with E-state index in [1.807, 2.05) is 19.1 Å². The molecule has 1 aromatic rings. The Kier molecular flexibility index (Phi) is 4.05. The van der Waals surface area contributed by atoms with Crippen LogP contribution in [0.5, 0.6) is 0 Å². The van der Waals surface area contributed by atoms with E-state index in [1.165, 1.54) is 0 Å². The lowest BCUT2D eigenvalue weighted by atomic mass is 9.93. The van der Waals surface area contributed by atoms with Crippen LogP contribution in [-0.2, 0) is 0 Å². The standard InChI is InChI=1S/C14H18ClNO2/c1-14(18)6-8-16(9-7-14)10-13(17)11-4-2-3-5-12(11)15/h2-5,18H,6-10H2,1H3. The van der Waals surface area contributed by atoms with Gasteiger partial charge in [0.15, 0.2) is 5.78 Å². The number of aliphatic hydroxyl groups is 1. The Bertz CT molecular complexity index is 435. The second-order valence-corrected chi connectivity index (χ2v) is 5.58. The number of hydrogen-bond acceptors (Lipinski definition) is 3. The maximum atomic E-state index is 12.1. The molecule has 1 saturated heterocycles. The van der Waals surface area contributed by atoms with E-state index in [-0.39, 0.29) is 5.78 Å². The van der Waals surface area contributed by atoms with Crippen molar-refractivity contribution in [3.05, 3.63) is 34.9 Å². The number of Topliss-reactive ketones (excluding diaryl/α,β-unsaturated/α-hetero) is 1. The van der Waals surface area contributed by atoms with Gasteiger partial charge in [-0.1, -0.05) is 23.7 Å². The van der Waals surface area contributed by atoms with Crippen LogP contribution in [0.25, 0.3) is 0 Å². The van der Waals surface area contributed by atoms with E-state index in [9.17, 15) is 9.90 Å². The van der Waals surface area contributed by atoms with Gasteiger partial charge in [0.25, 0.3) is 0 Å². The van der Waals surface area contributed by atoms with Crippen LogP contribution in [0.3, 0.4) is 0 Å². The minimum absolute atomic E-state index is 0.0437. The molecule has 0 unspecified atom stereocenters. The molecule has 0 bridgehead atoms. The van der Waals surface area contributed by atoms with Crippen molar-refractivity contribution in [1.29, 1.82) is 0 Å². The Morgan fingerprint density at radius 2 is 2.00 bits per heavy atom. The van der Waals surface area contributed by atoms with Crippen molar-refractivity contribution in [1.82, 2.24) is 4.90 Å². The second kappa shape index (κ2) is 5.39. The Morgan fingerprint density at radius 3 is 2.61 bits per heavy atom. The smallest absolute Gasteiger partial charge is 0.178 e. The number of likely N-dealkylation sites (tertiary alicyclic amines) is 1. The Balaban J connectivity index is 1.95. The van der Waals surface area contributed by atoms with Gasteiger partial charge in [-0.2, -0.15) is 0 Å². The number of carbonyl (C=O) groups is 1. The predicted octanol–water partition coefficient (Wildman–Crippen LogP) is 2.37. The van der Waals surface area contributed by atoms with E-state index < -0.39 is 5.60 Å².